The lowest BCUT2D eigenvalue weighted by molar-refractivity contribution is 0.259. The molecule has 0 aromatic heterocycles. The van der Waals surface area contributed by atoms with Crippen LogP contribution < -0.4 is 16.8 Å². The number of aryl methyl sites for hydroxylation is 1. The van der Waals surface area contributed by atoms with Gasteiger partial charge in [-0.05, 0) is 24.1 Å². The van der Waals surface area contributed by atoms with Crippen LogP contribution >= 0.6 is 23.2 Å². The number of carbonyl (C=O) groups excluding carboxylic acids is 1. The Hall–Kier alpha value is -1.46. The van der Waals surface area contributed by atoms with E-state index in [-0.39, 0.29) is 5.96 Å². The van der Waals surface area contributed by atoms with Gasteiger partial charge in [0.25, 0.3) is 0 Å². The van der Waals surface area contributed by atoms with Crippen LogP contribution in [-0.2, 0) is 6.42 Å². The molecular formula is C10H12Cl2N4O. The van der Waals surface area contributed by atoms with Gasteiger partial charge in [0, 0.05) is 5.02 Å². The minimum absolute atomic E-state index is 0.314. The topological polar surface area (TPSA) is 93.5 Å². The first kappa shape index (κ1) is 13.6. The Morgan fingerprint density at radius 1 is 1.41 bits per heavy atom. The molecule has 0 atom stereocenters. The van der Waals surface area contributed by atoms with Crippen LogP contribution in [0, 0.1) is 0 Å². The van der Waals surface area contributed by atoms with Gasteiger partial charge in [-0.25, -0.2) is 4.79 Å². The van der Waals surface area contributed by atoms with Gasteiger partial charge >= 0.3 is 6.03 Å². The fourth-order valence-electron chi connectivity index (χ4n) is 1.30. The summed E-state index contributed by atoms with van der Waals surface area (Å²) in [7, 11) is 0. The number of hydrogen-bond donors (Lipinski definition) is 3. The number of hydrogen-bond acceptors (Lipinski definition) is 1. The third-order valence-corrected chi connectivity index (χ3v) is 2.50. The predicted octanol–water partition coefficient (Wildman–Crippen LogP) is 2.36. The molecule has 1 aromatic rings. The van der Waals surface area contributed by atoms with E-state index in [2.05, 4.69) is 10.3 Å². The minimum Gasteiger partial charge on any atom is -0.370 e. The zero-order valence-corrected chi connectivity index (χ0v) is 10.6. The molecule has 5 nitrogen and oxygen atoms in total. The summed E-state index contributed by atoms with van der Waals surface area (Å²) in [6.45, 7) is 1.91. The maximum Gasteiger partial charge on any atom is 0.348 e. The van der Waals surface area contributed by atoms with Crippen molar-refractivity contribution < 1.29 is 4.79 Å². The number of anilines is 1. The van der Waals surface area contributed by atoms with Crippen molar-refractivity contribution >= 4 is 40.9 Å². The first-order chi connectivity index (χ1) is 7.93. The molecule has 7 heteroatoms. The molecule has 0 unspecified atom stereocenters. The number of urea groups is 1. The summed E-state index contributed by atoms with van der Waals surface area (Å²) < 4.78 is 0. The molecule has 0 heterocycles. The van der Waals surface area contributed by atoms with E-state index in [1.165, 1.54) is 6.07 Å². The van der Waals surface area contributed by atoms with Crippen molar-refractivity contribution in [2.75, 3.05) is 5.32 Å². The first-order valence-electron chi connectivity index (χ1n) is 4.82. The number of rotatable bonds is 2. The van der Waals surface area contributed by atoms with Crippen LogP contribution in [0.25, 0.3) is 0 Å². The molecule has 2 amide bonds. The average molecular weight is 275 g/mol. The predicted molar refractivity (Wildman–Crippen MR) is 70.7 cm³/mol. The SMILES string of the molecule is CCc1cc(Cl)cc(Cl)c1NC(=O)N=C(N)N. The van der Waals surface area contributed by atoms with E-state index in [0.717, 1.165) is 5.56 Å². The molecule has 0 bridgehead atoms. The molecule has 0 saturated heterocycles. The monoisotopic (exact) mass is 274 g/mol. The number of nitrogens with zero attached hydrogens (tertiary/aromatic N) is 1. The molecule has 92 valence electrons. The lowest BCUT2D eigenvalue weighted by Crippen LogP contribution is -2.25. The molecule has 0 spiro atoms. The van der Waals surface area contributed by atoms with E-state index in [1.54, 1.807) is 6.07 Å². The summed E-state index contributed by atoms with van der Waals surface area (Å²) in [6, 6.07) is 2.58. The van der Waals surface area contributed by atoms with Gasteiger partial charge in [0.1, 0.15) is 0 Å². The third-order valence-electron chi connectivity index (χ3n) is 1.98. The van der Waals surface area contributed by atoms with E-state index in [9.17, 15) is 4.79 Å². The number of aliphatic imine (C=N–C) groups is 1. The van der Waals surface area contributed by atoms with Gasteiger partial charge in [-0.15, -0.1) is 0 Å². The highest BCUT2D eigenvalue weighted by Gasteiger charge is 2.10. The maximum absolute atomic E-state index is 11.4. The van der Waals surface area contributed by atoms with Gasteiger partial charge < -0.3 is 16.8 Å². The lowest BCUT2D eigenvalue weighted by atomic mass is 10.1. The summed E-state index contributed by atoms with van der Waals surface area (Å²) in [4.78, 5) is 14.7. The molecule has 5 N–H and O–H groups in total. The molecule has 0 fully saturated rings. The van der Waals surface area contributed by atoms with E-state index < -0.39 is 6.03 Å². The Labute approximate surface area is 109 Å². The van der Waals surface area contributed by atoms with Crippen molar-refractivity contribution in [2.24, 2.45) is 16.5 Å². The molecule has 1 rings (SSSR count). The number of nitrogens with one attached hydrogen (secondary N) is 1. The number of carbonyl (C=O) groups is 1. The molecule has 0 aliphatic heterocycles. The third kappa shape index (κ3) is 3.80. The largest absolute Gasteiger partial charge is 0.370 e. The van der Waals surface area contributed by atoms with Crippen LogP contribution in [0.1, 0.15) is 12.5 Å². The summed E-state index contributed by atoms with van der Waals surface area (Å²) in [6.07, 6.45) is 0.664. The minimum atomic E-state index is -0.677. The van der Waals surface area contributed by atoms with Crippen LogP contribution in [0.3, 0.4) is 0 Å². The van der Waals surface area contributed by atoms with E-state index in [1.807, 2.05) is 6.92 Å². The quantitative estimate of drug-likeness (QED) is 0.571. The normalized spacial score (nSPS) is 9.82. The Balaban J connectivity index is 3.06. The fourth-order valence-corrected chi connectivity index (χ4v) is 1.88. The number of guanidine groups is 1. The van der Waals surface area contributed by atoms with Crippen LogP contribution in [0.2, 0.25) is 10.0 Å². The fraction of sp³-hybridized carbons (Fsp3) is 0.200. The number of nitrogens with two attached hydrogens (primary N) is 2. The second-order valence-electron chi connectivity index (χ2n) is 3.24. The summed E-state index contributed by atoms with van der Waals surface area (Å²) in [5.41, 5.74) is 11.5. The number of amides is 2. The van der Waals surface area contributed by atoms with Gasteiger partial charge in [-0.1, -0.05) is 30.1 Å². The van der Waals surface area contributed by atoms with Gasteiger partial charge in [0.05, 0.1) is 10.7 Å². The molecule has 17 heavy (non-hydrogen) atoms. The molecular weight excluding hydrogens is 263 g/mol. The van der Waals surface area contributed by atoms with Gasteiger partial charge in [-0.3, -0.25) is 0 Å². The van der Waals surface area contributed by atoms with Crippen LogP contribution in [0.4, 0.5) is 10.5 Å². The highest BCUT2D eigenvalue weighted by atomic mass is 35.5. The average Bonchev–Trinajstić information content (AvgIpc) is 2.20. The van der Waals surface area contributed by atoms with Crippen LogP contribution in [0.15, 0.2) is 17.1 Å². The van der Waals surface area contributed by atoms with E-state index in [0.29, 0.717) is 22.2 Å². The summed E-state index contributed by atoms with van der Waals surface area (Å²) >= 11 is 11.8. The Morgan fingerprint density at radius 3 is 2.59 bits per heavy atom. The van der Waals surface area contributed by atoms with E-state index in [4.69, 9.17) is 34.7 Å². The Morgan fingerprint density at radius 2 is 2.06 bits per heavy atom. The van der Waals surface area contributed by atoms with Crippen molar-refractivity contribution in [2.45, 2.75) is 13.3 Å². The Kier molecular flexibility index (Phi) is 4.60. The second-order valence-corrected chi connectivity index (χ2v) is 4.09. The standard InChI is InChI=1S/C10H12Cl2N4O/c1-2-5-3-6(11)4-7(12)8(5)15-10(17)16-9(13)14/h3-4H,2H2,1H3,(H5,13,14,15,16,17). The van der Waals surface area contributed by atoms with Gasteiger partial charge in [0.15, 0.2) is 5.96 Å². The first-order valence-corrected chi connectivity index (χ1v) is 5.58. The second kappa shape index (κ2) is 5.75. The highest BCUT2D eigenvalue weighted by molar-refractivity contribution is 6.37. The summed E-state index contributed by atoms with van der Waals surface area (Å²) in [5, 5.41) is 3.36. The molecule has 0 aliphatic carbocycles. The van der Waals surface area contributed by atoms with Crippen molar-refractivity contribution in [3.8, 4) is 0 Å². The molecule has 0 radical (unpaired) electrons. The van der Waals surface area contributed by atoms with Crippen molar-refractivity contribution in [1.29, 1.82) is 0 Å². The van der Waals surface area contributed by atoms with Crippen molar-refractivity contribution in [1.82, 2.24) is 0 Å². The van der Waals surface area contributed by atoms with Gasteiger partial charge in [0.2, 0.25) is 0 Å². The zero-order valence-electron chi connectivity index (χ0n) is 9.13. The number of benzene rings is 1. The van der Waals surface area contributed by atoms with Crippen LogP contribution in [0.5, 0.6) is 0 Å². The van der Waals surface area contributed by atoms with Crippen molar-refractivity contribution in [3.63, 3.8) is 0 Å². The smallest absolute Gasteiger partial charge is 0.348 e. The highest BCUT2D eigenvalue weighted by Crippen LogP contribution is 2.30. The zero-order chi connectivity index (χ0) is 13.0. The maximum atomic E-state index is 11.4. The van der Waals surface area contributed by atoms with Crippen LogP contribution in [-0.4, -0.2) is 12.0 Å². The molecule has 1 aromatic carbocycles. The Bertz CT molecular complexity index is 470. The number of halogens is 2. The summed E-state index contributed by atoms with van der Waals surface area (Å²) in [5.74, 6) is -0.314. The molecule has 0 aliphatic rings. The van der Waals surface area contributed by atoms with Crippen molar-refractivity contribution in [3.05, 3.63) is 27.7 Å². The van der Waals surface area contributed by atoms with Gasteiger partial charge in [-0.2, -0.15) is 4.99 Å². The lowest BCUT2D eigenvalue weighted by Gasteiger charge is -2.10. The molecule has 0 saturated carbocycles. The van der Waals surface area contributed by atoms with E-state index >= 15 is 0 Å².